The molecule has 0 aliphatic carbocycles. The first kappa shape index (κ1) is 25.1. The number of ether oxygens (including phenoxy) is 2. The highest BCUT2D eigenvalue weighted by atomic mass is 32.2. The number of hydrogen-bond acceptors (Lipinski definition) is 6. The van der Waals surface area contributed by atoms with Gasteiger partial charge in [-0.3, -0.25) is 14.5 Å². The Balaban J connectivity index is 1.97. The highest BCUT2D eigenvalue weighted by molar-refractivity contribution is 8.18. The lowest BCUT2D eigenvalue weighted by atomic mass is 10.0. The van der Waals surface area contributed by atoms with Crippen LogP contribution in [0.2, 0.25) is 0 Å². The van der Waals surface area contributed by atoms with E-state index in [0.29, 0.717) is 41.4 Å². The van der Waals surface area contributed by atoms with Crippen LogP contribution in [0, 0.1) is 11.3 Å². The van der Waals surface area contributed by atoms with E-state index >= 15 is 0 Å². The van der Waals surface area contributed by atoms with E-state index in [4.69, 9.17) is 9.47 Å². The highest BCUT2D eigenvalue weighted by Crippen LogP contribution is 2.38. The molecular formula is C27H28N2O4S. The van der Waals surface area contributed by atoms with E-state index in [1.54, 1.807) is 24.3 Å². The van der Waals surface area contributed by atoms with Crippen LogP contribution in [0.1, 0.15) is 49.4 Å². The number of carbonyl (C=O) groups is 2. The fourth-order valence-electron chi connectivity index (χ4n) is 3.60. The molecule has 1 aliphatic rings. The van der Waals surface area contributed by atoms with Gasteiger partial charge in [0.15, 0.2) is 11.5 Å². The molecule has 1 aliphatic heterocycles. The van der Waals surface area contributed by atoms with Gasteiger partial charge in [0.2, 0.25) is 0 Å². The van der Waals surface area contributed by atoms with Crippen molar-refractivity contribution in [2.24, 2.45) is 0 Å². The molecule has 2 aromatic rings. The van der Waals surface area contributed by atoms with E-state index < -0.39 is 0 Å². The smallest absolute Gasteiger partial charge is 0.293 e. The molecular weight excluding hydrogens is 448 g/mol. The molecule has 1 saturated heterocycles. The van der Waals surface area contributed by atoms with E-state index in [1.165, 1.54) is 4.90 Å². The first-order chi connectivity index (χ1) is 16.4. The van der Waals surface area contributed by atoms with Crippen LogP contribution in [0.4, 0.5) is 4.79 Å². The van der Waals surface area contributed by atoms with Crippen molar-refractivity contribution in [3.05, 3.63) is 76.2 Å². The summed E-state index contributed by atoms with van der Waals surface area (Å²) in [6.45, 7) is 10.2. The third-order valence-electron chi connectivity index (χ3n) is 5.48. The van der Waals surface area contributed by atoms with Gasteiger partial charge in [-0.2, -0.15) is 5.26 Å². The maximum Gasteiger partial charge on any atom is 0.293 e. The predicted octanol–water partition coefficient (Wildman–Crippen LogP) is 6.10. The average Bonchev–Trinajstić information content (AvgIpc) is 3.11. The summed E-state index contributed by atoms with van der Waals surface area (Å²) in [4.78, 5) is 26.9. The number of rotatable bonds is 10. The first-order valence-corrected chi connectivity index (χ1v) is 12.0. The standard InChI is InChI=1S/C27H28N2O4S/c1-5-10-20-13-19(15-24-26(30)29(18(4)6-2)27(31)34-24)14-23(32-7-3)25(20)33-17-22-12-9-8-11-21(22)16-28/h5,8-9,11-15,18H,1,6-7,10,17H2,2-4H3/b24-15+/t18-/m0/s1. The second kappa shape index (κ2) is 11.6. The summed E-state index contributed by atoms with van der Waals surface area (Å²) < 4.78 is 12.0. The van der Waals surface area contributed by atoms with Gasteiger partial charge in [-0.05, 0) is 68.3 Å². The van der Waals surface area contributed by atoms with Crippen molar-refractivity contribution >= 4 is 29.0 Å². The molecule has 3 rings (SSSR count). The number of nitrogens with zero attached hydrogens (tertiary/aromatic N) is 2. The molecule has 0 saturated carbocycles. The summed E-state index contributed by atoms with van der Waals surface area (Å²) in [5, 5.41) is 9.12. The second-order valence-electron chi connectivity index (χ2n) is 7.80. The highest BCUT2D eigenvalue weighted by Gasteiger charge is 2.37. The van der Waals surface area contributed by atoms with Crippen LogP contribution in [0.5, 0.6) is 11.5 Å². The van der Waals surface area contributed by atoms with Crippen LogP contribution in [0.3, 0.4) is 0 Å². The van der Waals surface area contributed by atoms with E-state index in [0.717, 1.165) is 28.5 Å². The topological polar surface area (TPSA) is 79.6 Å². The molecule has 7 heteroatoms. The number of nitriles is 1. The van der Waals surface area contributed by atoms with Crippen LogP contribution in [0.25, 0.3) is 6.08 Å². The molecule has 2 aromatic carbocycles. The van der Waals surface area contributed by atoms with Crippen LogP contribution >= 0.6 is 11.8 Å². The van der Waals surface area contributed by atoms with Crippen LogP contribution < -0.4 is 9.47 Å². The molecule has 0 unspecified atom stereocenters. The third-order valence-corrected chi connectivity index (χ3v) is 6.36. The fraction of sp³-hybridized carbons (Fsp3) is 0.296. The van der Waals surface area contributed by atoms with Crippen molar-refractivity contribution in [2.75, 3.05) is 6.61 Å². The Labute approximate surface area is 204 Å². The van der Waals surface area contributed by atoms with Crippen molar-refractivity contribution in [1.82, 2.24) is 4.90 Å². The average molecular weight is 477 g/mol. The molecule has 2 amide bonds. The Morgan fingerprint density at radius 3 is 2.62 bits per heavy atom. The largest absolute Gasteiger partial charge is 0.490 e. The van der Waals surface area contributed by atoms with Gasteiger partial charge in [0.1, 0.15) is 6.61 Å². The normalized spacial score (nSPS) is 15.4. The molecule has 1 atom stereocenters. The quantitative estimate of drug-likeness (QED) is 0.304. The summed E-state index contributed by atoms with van der Waals surface area (Å²) in [7, 11) is 0. The van der Waals surface area contributed by atoms with E-state index in [-0.39, 0.29) is 23.8 Å². The Kier molecular flexibility index (Phi) is 8.55. The summed E-state index contributed by atoms with van der Waals surface area (Å²) in [6, 6.07) is 13.0. The molecule has 1 fully saturated rings. The number of benzene rings is 2. The Morgan fingerprint density at radius 1 is 1.18 bits per heavy atom. The Bertz CT molecular complexity index is 1170. The van der Waals surface area contributed by atoms with Crippen LogP contribution in [-0.4, -0.2) is 28.7 Å². The zero-order valence-corrected chi connectivity index (χ0v) is 20.5. The SMILES string of the molecule is C=CCc1cc(/C=C2/SC(=O)N([C@@H](C)CC)C2=O)cc(OCC)c1OCc1ccccc1C#N. The number of hydrogen-bond donors (Lipinski definition) is 0. The number of amides is 2. The minimum atomic E-state index is -0.277. The van der Waals surface area contributed by atoms with Gasteiger partial charge < -0.3 is 9.47 Å². The molecule has 1 heterocycles. The maximum atomic E-state index is 12.8. The molecule has 0 radical (unpaired) electrons. The van der Waals surface area contributed by atoms with Crippen molar-refractivity contribution in [3.8, 4) is 17.6 Å². The van der Waals surface area contributed by atoms with Crippen LogP contribution in [0.15, 0.2) is 54.0 Å². The van der Waals surface area contributed by atoms with Crippen LogP contribution in [-0.2, 0) is 17.8 Å². The lowest BCUT2D eigenvalue weighted by Crippen LogP contribution is -2.36. The zero-order valence-electron chi connectivity index (χ0n) is 19.7. The van der Waals surface area contributed by atoms with Gasteiger partial charge in [0.05, 0.1) is 23.1 Å². The Hall–Kier alpha value is -3.50. The van der Waals surface area contributed by atoms with E-state index in [1.807, 2.05) is 45.0 Å². The molecule has 0 aromatic heterocycles. The lowest BCUT2D eigenvalue weighted by Gasteiger charge is -2.19. The minimum Gasteiger partial charge on any atom is -0.490 e. The first-order valence-electron chi connectivity index (χ1n) is 11.2. The molecule has 0 spiro atoms. The molecule has 176 valence electrons. The third kappa shape index (κ3) is 5.52. The molecule has 34 heavy (non-hydrogen) atoms. The van der Waals surface area contributed by atoms with Gasteiger partial charge in [-0.25, -0.2) is 0 Å². The van der Waals surface area contributed by atoms with Gasteiger partial charge in [-0.1, -0.05) is 31.2 Å². The van der Waals surface area contributed by atoms with Crippen molar-refractivity contribution < 1.29 is 19.1 Å². The molecule has 6 nitrogen and oxygen atoms in total. The maximum absolute atomic E-state index is 12.8. The molecule has 0 N–H and O–H groups in total. The minimum absolute atomic E-state index is 0.152. The van der Waals surface area contributed by atoms with Gasteiger partial charge in [-0.15, -0.1) is 6.58 Å². The summed E-state index contributed by atoms with van der Waals surface area (Å²) in [5.41, 5.74) is 2.90. The molecule has 0 bridgehead atoms. The van der Waals surface area contributed by atoms with Crippen molar-refractivity contribution in [2.45, 2.75) is 46.3 Å². The van der Waals surface area contributed by atoms with Gasteiger partial charge in [0, 0.05) is 17.2 Å². The number of thioether (sulfide) groups is 1. The number of imide groups is 1. The second-order valence-corrected chi connectivity index (χ2v) is 8.79. The fourth-order valence-corrected chi connectivity index (χ4v) is 4.53. The van der Waals surface area contributed by atoms with Crippen molar-refractivity contribution in [1.29, 1.82) is 5.26 Å². The summed E-state index contributed by atoms with van der Waals surface area (Å²) in [5.74, 6) is 0.823. The Morgan fingerprint density at radius 2 is 1.94 bits per heavy atom. The number of carbonyl (C=O) groups excluding carboxylic acids is 2. The van der Waals surface area contributed by atoms with Gasteiger partial charge in [0.25, 0.3) is 11.1 Å². The lowest BCUT2D eigenvalue weighted by molar-refractivity contribution is -0.124. The zero-order chi connectivity index (χ0) is 24.7. The van der Waals surface area contributed by atoms with Crippen molar-refractivity contribution in [3.63, 3.8) is 0 Å². The predicted molar refractivity (Wildman–Crippen MR) is 135 cm³/mol. The van der Waals surface area contributed by atoms with Gasteiger partial charge >= 0.3 is 0 Å². The van der Waals surface area contributed by atoms with E-state index in [9.17, 15) is 14.9 Å². The summed E-state index contributed by atoms with van der Waals surface area (Å²) in [6.07, 6.45) is 4.70. The number of allylic oxidation sites excluding steroid dienone is 1. The monoisotopic (exact) mass is 476 g/mol. The van der Waals surface area contributed by atoms with E-state index in [2.05, 4.69) is 12.6 Å². The summed E-state index contributed by atoms with van der Waals surface area (Å²) >= 11 is 0.950.